The Labute approximate surface area is 88.7 Å². The van der Waals surface area contributed by atoms with Gasteiger partial charge in [0.2, 0.25) is 0 Å². The number of Topliss-reactive ketones (excluding diaryl/α,β-unsaturated/α-hetero) is 1. The molecule has 1 aromatic rings. The predicted molar refractivity (Wildman–Crippen MR) is 58.0 cm³/mol. The van der Waals surface area contributed by atoms with Crippen molar-refractivity contribution in [1.29, 1.82) is 0 Å². The van der Waals surface area contributed by atoms with E-state index >= 15 is 0 Å². The van der Waals surface area contributed by atoms with Crippen molar-refractivity contribution in [3.8, 4) is 0 Å². The van der Waals surface area contributed by atoms with Crippen LogP contribution in [0.1, 0.15) is 12.6 Å². The largest absolute Gasteiger partial charge is 0.376 e. The van der Waals surface area contributed by atoms with Crippen LogP contribution in [0.25, 0.3) is 0 Å². The van der Waals surface area contributed by atoms with Gasteiger partial charge in [0.25, 0.3) is 0 Å². The van der Waals surface area contributed by atoms with Gasteiger partial charge in [0.1, 0.15) is 5.78 Å². The van der Waals surface area contributed by atoms with E-state index in [1.165, 1.54) is 0 Å². The van der Waals surface area contributed by atoms with E-state index in [4.69, 9.17) is 11.6 Å². The number of aromatic nitrogens is 1. The lowest BCUT2D eigenvalue weighted by Crippen LogP contribution is -2.10. The number of hydrogen-bond donors (Lipinski definition) is 0. The maximum Gasteiger partial charge on any atom is 0.135 e. The van der Waals surface area contributed by atoms with Crippen molar-refractivity contribution in [2.75, 3.05) is 19.0 Å². The molecule has 3 nitrogen and oxygen atoms in total. The Kier molecular flexibility index (Phi) is 3.47. The fourth-order valence-corrected chi connectivity index (χ4v) is 1.44. The number of ketones is 1. The fourth-order valence-electron chi connectivity index (χ4n) is 1.16. The zero-order valence-electron chi connectivity index (χ0n) is 8.54. The number of carbonyl (C=O) groups is 1. The molecule has 0 fully saturated rings. The fraction of sp³-hybridized carbons (Fsp3) is 0.400. The molecule has 0 aliphatic carbocycles. The van der Waals surface area contributed by atoms with Crippen molar-refractivity contribution < 1.29 is 4.79 Å². The van der Waals surface area contributed by atoms with Crippen LogP contribution >= 0.6 is 11.6 Å². The summed E-state index contributed by atoms with van der Waals surface area (Å²) >= 11 is 5.94. The first kappa shape index (κ1) is 11.0. The summed E-state index contributed by atoms with van der Waals surface area (Å²) in [5, 5.41) is 0.599. The summed E-state index contributed by atoms with van der Waals surface area (Å²) < 4.78 is 0. The highest BCUT2D eigenvalue weighted by atomic mass is 35.5. The van der Waals surface area contributed by atoms with Gasteiger partial charge in [-0.05, 0) is 13.0 Å². The molecular formula is C10H13ClN2O. The first-order chi connectivity index (χ1) is 6.50. The molecule has 0 unspecified atom stereocenters. The second-order valence-electron chi connectivity index (χ2n) is 3.40. The SMILES string of the molecule is CC(=O)Cc1cc(N(C)C)c(Cl)cn1. The Hall–Kier alpha value is -1.09. The molecule has 0 bridgehead atoms. The van der Waals surface area contributed by atoms with Crippen molar-refractivity contribution in [3.05, 3.63) is 23.0 Å². The minimum Gasteiger partial charge on any atom is -0.376 e. The molecule has 0 spiro atoms. The highest BCUT2D eigenvalue weighted by Crippen LogP contribution is 2.23. The number of hydrogen-bond acceptors (Lipinski definition) is 3. The van der Waals surface area contributed by atoms with Gasteiger partial charge in [-0.3, -0.25) is 9.78 Å². The Bertz CT molecular complexity index is 350. The molecule has 0 amide bonds. The Morgan fingerprint density at radius 3 is 2.71 bits per heavy atom. The van der Waals surface area contributed by atoms with Crippen LogP contribution in [0.15, 0.2) is 12.3 Å². The summed E-state index contributed by atoms with van der Waals surface area (Å²) in [6, 6.07) is 1.84. The van der Waals surface area contributed by atoms with Crippen molar-refractivity contribution in [2.45, 2.75) is 13.3 Å². The van der Waals surface area contributed by atoms with Gasteiger partial charge in [-0.1, -0.05) is 11.6 Å². The summed E-state index contributed by atoms with van der Waals surface area (Å²) in [7, 11) is 3.80. The molecule has 0 radical (unpaired) electrons. The quantitative estimate of drug-likeness (QED) is 0.768. The summed E-state index contributed by atoms with van der Waals surface area (Å²) in [5.74, 6) is 0.101. The third kappa shape index (κ3) is 2.70. The lowest BCUT2D eigenvalue weighted by Gasteiger charge is -2.14. The average molecular weight is 213 g/mol. The van der Waals surface area contributed by atoms with Crippen LogP contribution in [0.4, 0.5) is 5.69 Å². The number of nitrogens with zero attached hydrogens (tertiary/aromatic N) is 2. The molecule has 0 atom stereocenters. The monoisotopic (exact) mass is 212 g/mol. The van der Waals surface area contributed by atoms with E-state index in [0.717, 1.165) is 11.4 Å². The van der Waals surface area contributed by atoms with Crippen LogP contribution in [0, 0.1) is 0 Å². The molecular weight excluding hydrogens is 200 g/mol. The van der Waals surface area contributed by atoms with Crippen molar-refractivity contribution in [1.82, 2.24) is 4.98 Å². The molecule has 0 saturated carbocycles. The number of halogens is 1. The molecule has 0 aromatic carbocycles. The van der Waals surface area contributed by atoms with Gasteiger partial charge in [0.05, 0.1) is 10.7 Å². The van der Waals surface area contributed by atoms with Crippen LogP contribution in [0.5, 0.6) is 0 Å². The van der Waals surface area contributed by atoms with Gasteiger partial charge in [-0.2, -0.15) is 0 Å². The van der Waals surface area contributed by atoms with Crippen LogP contribution in [0.2, 0.25) is 5.02 Å². The van der Waals surface area contributed by atoms with Crippen LogP contribution in [-0.4, -0.2) is 24.9 Å². The van der Waals surface area contributed by atoms with E-state index < -0.39 is 0 Å². The molecule has 76 valence electrons. The van der Waals surface area contributed by atoms with Gasteiger partial charge < -0.3 is 4.90 Å². The third-order valence-electron chi connectivity index (χ3n) is 1.80. The van der Waals surface area contributed by atoms with Gasteiger partial charge in [0, 0.05) is 32.4 Å². The van der Waals surface area contributed by atoms with Crippen LogP contribution in [-0.2, 0) is 11.2 Å². The first-order valence-electron chi connectivity index (χ1n) is 4.32. The first-order valence-corrected chi connectivity index (χ1v) is 4.69. The Morgan fingerprint density at radius 2 is 2.21 bits per heavy atom. The molecule has 4 heteroatoms. The molecule has 1 aromatic heterocycles. The van der Waals surface area contributed by atoms with Gasteiger partial charge in [-0.15, -0.1) is 0 Å². The van der Waals surface area contributed by atoms with E-state index in [-0.39, 0.29) is 5.78 Å². The van der Waals surface area contributed by atoms with Gasteiger partial charge in [-0.25, -0.2) is 0 Å². The van der Waals surface area contributed by atoms with Crippen LogP contribution in [0.3, 0.4) is 0 Å². The van der Waals surface area contributed by atoms with Crippen LogP contribution < -0.4 is 4.90 Å². The average Bonchev–Trinajstić information content (AvgIpc) is 2.07. The standard InChI is InChI=1S/C10H13ClN2O/c1-7(14)4-8-5-10(13(2)3)9(11)6-12-8/h5-6H,4H2,1-3H3. The van der Waals surface area contributed by atoms with E-state index in [2.05, 4.69) is 4.98 Å². The zero-order valence-corrected chi connectivity index (χ0v) is 9.30. The van der Waals surface area contributed by atoms with Crippen molar-refractivity contribution >= 4 is 23.1 Å². The van der Waals surface area contributed by atoms with E-state index in [1.54, 1.807) is 13.1 Å². The molecule has 1 heterocycles. The van der Waals surface area contributed by atoms with E-state index in [9.17, 15) is 4.79 Å². The topological polar surface area (TPSA) is 33.2 Å². The lowest BCUT2D eigenvalue weighted by atomic mass is 10.2. The third-order valence-corrected chi connectivity index (χ3v) is 2.09. The minimum atomic E-state index is 0.101. The molecule has 0 aliphatic heterocycles. The van der Waals surface area contributed by atoms with Crippen molar-refractivity contribution in [3.63, 3.8) is 0 Å². The molecule has 0 N–H and O–H groups in total. The second-order valence-corrected chi connectivity index (χ2v) is 3.81. The molecule has 0 saturated heterocycles. The maximum absolute atomic E-state index is 10.9. The Balaban J connectivity index is 3.00. The number of pyridine rings is 1. The lowest BCUT2D eigenvalue weighted by molar-refractivity contribution is -0.116. The van der Waals surface area contributed by atoms with Gasteiger partial charge >= 0.3 is 0 Å². The number of anilines is 1. The summed E-state index contributed by atoms with van der Waals surface area (Å²) in [5.41, 5.74) is 1.64. The smallest absolute Gasteiger partial charge is 0.135 e. The summed E-state index contributed by atoms with van der Waals surface area (Å²) in [4.78, 5) is 16.9. The number of rotatable bonds is 3. The Morgan fingerprint density at radius 1 is 1.57 bits per heavy atom. The highest BCUT2D eigenvalue weighted by Gasteiger charge is 2.06. The molecule has 1 rings (SSSR count). The second kappa shape index (κ2) is 4.42. The number of carbonyl (C=O) groups excluding carboxylic acids is 1. The van der Waals surface area contributed by atoms with E-state index in [1.807, 2.05) is 25.1 Å². The highest BCUT2D eigenvalue weighted by molar-refractivity contribution is 6.33. The normalized spacial score (nSPS) is 10.0. The predicted octanol–water partition coefficient (Wildman–Crippen LogP) is 1.93. The molecule has 14 heavy (non-hydrogen) atoms. The zero-order chi connectivity index (χ0) is 10.7. The minimum absolute atomic E-state index is 0.101. The van der Waals surface area contributed by atoms with E-state index in [0.29, 0.717) is 11.4 Å². The summed E-state index contributed by atoms with van der Waals surface area (Å²) in [6.45, 7) is 1.55. The maximum atomic E-state index is 10.9. The van der Waals surface area contributed by atoms with Gasteiger partial charge in [0.15, 0.2) is 0 Å². The summed E-state index contributed by atoms with van der Waals surface area (Å²) in [6.07, 6.45) is 1.94. The van der Waals surface area contributed by atoms with Crippen molar-refractivity contribution in [2.24, 2.45) is 0 Å². The molecule has 0 aliphatic rings.